The van der Waals surface area contributed by atoms with Crippen LogP contribution < -0.4 is 15.4 Å². The number of rotatable bonds is 6. The summed E-state index contributed by atoms with van der Waals surface area (Å²) in [7, 11) is 0. The molecule has 6 heteroatoms. The molecule has 0 atom stereocenters. The number of hydrogen-bond donors (Lipinski definition) is 2. The lowest BCUT2D eigenvalue weighted by atomic mass is 10.1. The van der Waals surface area contributed by atoms with E-state index in [9.17, 15) is 14.0 Å². The highest BCUT2D eigenvalue weighted by Crippen LogP contribution is 2.21. The van der Waals surface area contributed by atoms with Crippen LogP contribution in [0.5, 0.6) is 5.75 Å². The van der Waals surface area contributed by atoms with Gasteiger partial charge < -0.3 is 15.4 Å². The van der Waals surface area contributed by atoms with Crippen LogP contribution in [0.25, 0.3) is 0 Å². The minimum atomic E-state index is -0.515. The monoisotopic (exact) mass is 384 g/mol. The molecule has 2 N–H and O–H groups in total. The van der Waals surface area contributed by atoms with Gasteiger partial charge in [0.1, 0.15) is 11.6 Å². The molecule has 28 heavy (non-hydrogen) atoms. The Balaban J connectivity index is 1.59. The van der Waals surface area contributed by atoms with Crippen molar-refractivity contribution in [2.45, 2.75) is 44.6 Å². The average Bonchev–Trinajstić information content (AvgIpc) is 2.97. The highest BCUT2D eigenvalue weighted by atomic mass is 19.1. The third-order valence-electron chi connectivity index (χ3n) is 4.83. The van der Waals surface area contributed by atoms with Crippen molar-refractivity contribution in [3.63, 3.8) is 0 Å². The number of anilines is 1. The van der Waals surface area contributed by atoms with Crippen molar-refractivity contribution in [1.82, 2.24) is 5.32 Å². The summed E-state index contributed by atoms with van der Waals surface area (Å²) in [5.41, 5.74) is 0.487. The standard InChI is InChI=1S/C22H25FN2O3/c23-18-12-6-7-13-19(18)25-21(26)15-28-20-14-8-5-11-17(20)22(27)24-16-9-3-1-2-4-10-16/h5-8,11-14,16H,1-4,9-10,15H2,(H,24,27)(H,25,26). The number of carbonyl (C=O) groups excluding carboxylic acids is 2. The molecule has 0 saturated heterocycles. The van der Waals surface area contributed by atoms with Crippen LogP contribution in [0, 0.1) is 5.82 Å². The minimum Gasteiger partial charge on any atom is -0.483 e. The Hall–Kier alpha value is -2.89. The number of para-hydroxylation sites is 2. The first-order chi connectivity index (χ1) is 13.6. The lowest BCUT2D eigenvalue weighted by molar-refractivity contribution is -0.118. The van der Waals surface area contributed by atoms with Gasteiger partial charge in [-0.05, 0) is 37.1 Å². The predicted octanol–water partition coefficient (Wildman–Crippen LogP) is 4.30. The average molecular weight is 384 g/mol. The van der Waals surface area contributed by atoms with Gasteiger partial charge in [-0.15, -0.1) is 0 Å². The van der Waals surface area contributed by atoms with E-state index >= 15 is 0 Å². The summed E-state index contributed by atoms with van der Waals surface area (Å²) in [6.45, 7) is -0.317. The molecule has 3 rings (SSSR count). The molecule has 0 bridgehead atoms. The van der Waals surface area contributed by atoms with Crippen LogP contribution in [0.4, 0.5) is 10.1 Å². The molecule has 0 aliphatic heterocycles. The molecule has 2 amide bonds. The van der Waals surface area contributed by atoms with E-state index in [0.29, 0.717) is 11.3 Å². The Morgan fingerprint density at radius 3 is 2.39 bits per heavy atom. The summed E-state index contributed by atoms with van der Waals surface area (Å²) < 4.78 is 19.2. The first-order valence-corrected chi connectivity index (χ1v) is 9.70. The van der Waals surface area contributed by atoms with E-state index in [1.807, 2.05) is 0 Å². The van der Waals surface area contributed by atoms with Crippen molar-refractivity contribution < 1.29 is 18.7 Å². The van der Waals surface area contributed by atoms with Gasteiger partial charge in [-0.25, -0.2) is 4.39 Å². The fourth-order valence-electron chi connectivity index (χ4n) is 3.36. The fourth-order valence-corrected chi connectivity index (χ4v) is 3.36. The molecule has 0 spiro atoms. The Kier molecular flexibility index (Phi) is 7.00. The number of halogens is 1. The molecule has 148 valence electrons. The maximum absolute atomic E-state index is 13.6. The van der Waals surface area contributed by atoms with Gasteiger partial charge in [-0.1, -0.05) is 49.9 Å². The summed E-state index contributed by atoms with van der Waals surface area (Å²) in [5, 5.41) is 5.54. The molecule has 2 aromatic rings. The first-order valence-electron chi connectivity index (χ1n) is 9.70. The van der Waals surface area contributed by atoms with Crippen molar-refractivity contribution >= 4 is 17.5 Å². The zero-order chi connectivity index (χ0) is 19.8. The molecule has 0 radical (unpaired) electrons. The second-order valence-electron chi connectivity index (χ2n) is 6.97. The quantitative estimate of drug-likeness (QED) is 0.730. The van der Waals surface area contributed by atoms with Crippen molar-refractivity contribution in [1.29, 1.82) is 0 Å². The van der Waals surface area contributed by atoms with E-state index in [2.05, 4.69) is 10.6 Å². The minimum absolute atomic E-state index is 0.0930. The number of hydrogen-bond acceptors (Lipinski definition) is 3. The summed E-state index contributed by atoms with van der Waals surface area (Å²) in [4.78, 5) is 24.8. The Bertz CT molecular complexity index is 817. The van der Waals surface area contributed by atoms with Gasteiger partial charge in [0.05, 0.1) is 11.3 Å². The summed E-state index contributed by atoms with van der Waals surface area (Å²) in [6.07, 6.45) is 6.64. The van der Waals surface area contributed by atoms with E-state index in [1.165, 1.54) is 25.0 Å². The number of ether oxygens (including phenoxy) is 1. The largest absolute Gasteiger partial charge is 0.483 e. The second-order valence-corrected chi connectivity index (χ2v) is 6.97. The zero-order valence-electron chi connectivity index (χ0n) is 15.7. The van der Waals surface area contributed by atoms with Gasteiger partial charge in [-0.3, -0.25) is 9.59 Å². The molecular formula is C22H25FN2O3. The van der Waals surface area contributed by atoms with Crippen molar-refractivity contribution in [3.8, 4) is 5.75 Å². The number of carbonyl (C=O) groups is 2. The summed E-state index contributed by atoms with van der Waals surface area (Å²) in [5.74, 6) is -0.877. The smallest absolute Gasteiger partial charge is 0.262 e. The molecule has 0 aromatic heterocycles. The van der Waals surface area contributed by atoms with Crippen LogP contribution in [-0.2, 0) is 4.79 Å². The Morgan fingerprint density at radius 1 is 0.964 bits per heavy atom. The molecule has 0 unspecified atom stereocenters. The lowest BCUT2D eigenvalue weighted by Crippen LogP contribution is -2.34. The van der Waals surface area contributed by atoms with Crippen LogP contribution in [0.3, 0.4) is 0 Å². The van der Waals surface area contributed by atoms with Gasteiger partial charge in [0.2, 0.25) is 0 Å². The Labute approximate surface area is 164 Å². The zero-order valence-corrected chi connectivity index (χ0v) is 15.7. The van der Waals surface area contributed by atoms with Crippen molar-refractivity contribution in [3.05, 3.63) is 59.9 Å². The van der Waals surface area contributed by atoms with E-state index in [-0.39, 0.29) is 24.2 Å². The molecule has 0 heterocycles. The van der Waals surface area contributed by atoms with E-state index < -0.39 is 11.7 Å². The van der Waals surface area contributed by atoms with Crippen LogP contribution in [0.15, 0.2) is 48.5 Å². The van der Waals surface area contributed by atoms with E-state index in [4.69, 9.17) is 4.74 Å². The van der Waals surface area contributed by atoms with Crippen molar-refractivity contribution in [2.24, 2.45) is 0 Å². The van der Waals surface area contributed by atoms with Crippen molar-refractivity contribution in [2.75, 3.05) is 11.9 Å². The van der Waals surface area contributed by atoms with Gasteiger partial charge in [-0.2, -0.15) is 0 Å². The summed E-state index contributed by atoms with van der Waals surface area (Å²) in [6, 6.07) is 12.9. The number of benzene rings is 2. The maximum Gasteiger partial charge on any atom is 0.262 e. The lowest BCUT2D eigenvalue weighted by Gasteiger charge is -2.17. The SMILES string of the molecule is O=C(COc1ccccc1C(=O)NC1CCCCCC1)Nc1ccccc1F. The van der Waals surface area contributed by atoms with Crippen LogP contribution >= 0.6 is 0 Å². The third kappa shape index (κ3) is 5.55. The van der Waals surface area contributed by atoms with Gasteiger partial charge in [0.15, 0.2) is 6.61 Å². The van der Waals surface area contributed by atoms with Gasteiger partial charge >= 0.3 is 0 Å². The number of amides is 2. The molecule has 1 saturated carbocycles. The molecule has 1 fully saturated rings. The van der Waals surface area contributed by atoms with Crippen LogP contribution in [-0.4, -0.2) is 24.5 Å². The summed E-state index contributed by atoms with van der Waals surface area (Å²) >= 11 is 0. The fraction of sp³-hybridized carbons (Fsp3) is 0.364. The van der Waals surface area contributed by atoms with E-state index in [0.717, 1.165) is 25.7 Å². The Morgan fingerprint density at radius 2 is 1.64 bits per heavy atom. The molecule has 1 aliphatic carbocycles. The second kappa shape index (κ2) is 9.88. The maximum atomic E-state index is 13.6. The van der Waals surface area contributed by atoms with Crippen LogP contribution in [0.1, 0.15) is 48.9 Å². The molecular weight excluding hydrogens is 359 g/mol. The molecule has 5 nitrogen and oxygen atoms in total. The highest BCUT2D eigenvalue weighted by Gasteiger charge is 2.19. The molecule has 2 aromatic carbocycles. The normalized spacial score (nSPS) is 14.8. The highest BCUT2D eigenvalue weighted by molar-refractivity contribution is 5.97. The van der Waals surface area contributed by atoms with E-state index in [1.54, 1.807) is 36.4 Å². The topological polar surface area (TPSA) is 67.4 Å². The van der Waals surface area contributed by atoms with Gasteiger partial charge in [0, 0.05) is 6.04 Å². The predicted molar refractivity (Wildman–Crippen MR) is 106 cm³/mol. The first kappa shape index (κ1) is 19.9. The van der Waals surface area contributed by atoms with Crippen LogP contribution in [0.2, 0.25) is 0 Å². The third-order valence-corrected chi connectivity index (χ3v) is 4.83. The van der Waals surface area contributed by atoms with Gasteiger partial charge in [0.25, 0.3) is 11.8 Å². The molecule has 1 aliphatic rings. The number of nitrogens with one attached hydrogen (secondary N) is 2.